The van der Waals surface area contributed by atoms with Crippen LogP contribution in [0.1, 0.15) is 38.7 Å². The van der Waals surface area contributed by atoms with Gasteiger partial charge in [-0.05, 0) is 18.4 Å². The van der Waals surface area contributed by atoms with E-state index < -0.39 is 0 Å². The molecule has 1 nitrogen and oxygen atoms in total. The van der Waals surface area contributed by atoms with E-state index in [1.165, 1.54) is 0 Å². The Kier molecular flexibility index (Phi) is 5.09. The highest BCUT2D eigenvalue weighted by Crippen LogP contribution is 2.14. The molecule has 0 saturated heterocycles. The summed E-state index contributed by atoms with van der Waals surface area (Å²) >= 11 is 0. The molecule has 1 heteroatoms. The zero-order valence-corrected chi connectivity index (χ0v) is 9.70. The maximum absolute atomic E-state index is 11.9. The first-order valence-electron chi connectivity index (χ1n) is 5.84. The smallest absolute Gasteiger partial charge is 0.140 e. The molecule has 0 aliphatic heterocycles. The summed E-state index contributed by atoms with van der Waals surface area (Å²) in [5, 5.41) is 0. The summed E-state index contributed by atoms with van der Waals surface area (Å²) in [6.45, 7) is 4.24. The number of Topliss-reactive ketones (excluding diaryl/α,β-unsaturated/α-hetero) is 1. The van der Waals surface area contributed by atoms with Crippen LogP contribution >= 0.6 is 0 Å². The van der Waals surface area contributed by atoms with Crippen LogP contribution < -0.4 is 0 Å². The van der Waals surface area contributed by atoms with Gasteiger partial charge in [0.25, 0.3) is 0 Å². The van der Waals surface area contributed by atoms with Crippen molar-refractivity contribution in [1.29, 1.82) is 0 Å². The summed E-state index contributed by atoms with van der Waals surface area (Å²) in [5.41, 5.74) is 1.14. The summed E-state index contributed by atoms with van der Waals surface area (Å²) in [4.78, 5) is 11.9. The largest absolute Gasteiger partial charge is 0.299 e. The van der Waals surface area contributed by atoms with Gasteiger partial charge >= 0.3 is 0 Å². The molecule has 1 aromatic carbocycles. The minimum atomic E-state index is 0.259. The Hall–Kier alpha value is -1.11. The van der Waals surface area contributed by atoms with Gasteiger partial charge in [-0.15, -0.1) is 0 Å². The van der Waals surface area contributed by atoms with E-state index in [4.69, 9.17) is 0 Å². The lowest BCUT2D eigenvalue weighted by Gasteiger charge is -2.12. The van der Waals surface area contributed by atoms with Crippen molar-refractivity contribution in [3.8, 4) is 0 Å². The second-order valence-corrected chi connectivity index (χ2v) is 4.02. The highest BCUT2D eigenvalue weighted by atomic mass is 16.1. The predicted molar refractivity (Wildman–Crippen MR) is 63.8 cm³/mol. The first-order valence-corrected chi connectivity index (χ1v) is 5.84. The standard InChI is InChI=1S/C14H20O/c1-3-8-13(4-2)14(15)11-12-9-6-5-7-10-12/h5-7,9-10,13H,3-4,8,11H2,1-2H3. The van der Waals surface area contributed by atoms with Crippen LogP contribution in [0.4, 0.5) is 0 Å². The molecule has 0 aliphatic rings. The van der Waals surface area contributed by atoms with Crippen LogP contribution in [0.3, 0.4) is 0 Å². The van der Waals surface area contributed by atoms with E-state index in [0.29, 0.717) is 12.2 Å². The van der Waals surface area contributed by atoms with Crippen molar-refractivity contribution in [2.24, 2.45) is 5.92 Å². The van der Waals surface area contributed by atoms with E-state index in [2.05, 4.69) is 13.8 Å². The first kappa shape index (κ1) is 12.0. The SMILES string of the molecule is CCCC(CC)C(=O)Cc1ccccc1. The fraction of sp³-hybridized carbons (Fsp3) is 0.500. The van der Waals surface area contributed by atoms with Crippen molar-refractivity contribution in [2.45, 2.75) is 39.5 Å². The summed E-state index contributed by atoms with van der Waals surface area (Å²) < 4.78 is 0. The molecule has 15 heavy (non-hydrogen) atoms. The molecule has 1 aromatic rings. The normalized spacial score (nSPS) is 12.4. The molecule has 0 radical (unpaired) electrons. The van der Waals surface area contributed by atoms with Crippen LogP contribution in [-0.4, -0.2) is 5.78 Å². The highest BCUT2D eigenvalue weighted by molar-refractivity contribution is 5.83. The van der Waals surface area contributed by atoms with Gasteiger partial charge in [-0.25, -0.2) is 0 Å². The molecule has 0 spiro atoms. The lowest BCUT2D eigenvalue weighted by Crippen LogP contribution is -2.15. The molecule has 0 amide bonds. The molecule has 0 N–H and O–H groups in total. The van der Waals surface area contributed by atoms with Crippen LogP contribution in [0.5, 0.6) is 0 Å². The maximum atomic E-state index is 11.9. The van der Waals surface area contributed by atoms with Crippen LogP contribution in [-0.2, 0) is 11.2 Å². The zero-order chi connectivity index (χ0) is 11.1. The third kappa shape index (κ3) is 3.86. The third-order valence-electron chi connectivity index (χ3n) is 2.81. The number of hydrogen-bond donors (Lipinski definition) is 0. The second-order valence-electron chi connectivity index (χ2n) is 4.02. The van der Waals surface area contributed by atoms with E-state index in [-0.39, 0.29) is 5.92 Å². The summed E-state index contributed by atoms with van der Waals surface area (Å²) in [7, 11) is 0. The maximum Gasteiger partial charge on any atom is 0.140 e. The number of carbonyl (C=O) groups is 1. The highest BCUT2D eigenvalue weighted by Gasteiger charge is 2.15. The number of rotatable bonds is 6. The summed E-state index contributed by atoms with van der Waals surface area (Å²) in [6, 6.07) is 10.0. The molecule has 0 bridgehead atoms. The fourth-order valence-corrected chi connectivity index (χ4v) is 1.88. The van der Waals surface area contributed by atoms with Gasteiger partial charge in [-0.1, -0.05) is 50.6 Å². The van der Waals surface area contributed by atoms with E-state index in [1.54, 1.807) is 0 Å². The average molecular weight is 204 g/mol. The van der Waals surface area contributed by atoms with E-state index in [1.807, 2.05) is 30.3 Å². The van der Waals surface area contributed by atoms with E-state index in [9.17, 15) is 4.79 Å². The lowest BCUT2D eigenvalue weighted by molar-refractivity contribution is -0.122. The molecule has 0 aromatic heterocycles. The number of ketones is 1. The van der Waals surface area contributed by atoms with Crippen LogP contribution in [0, 0.1) is 5.92 Å². The van der Waals surface area contributed by atoms with Gasteiger partial charge in [0.2, 0.25) is 0 Å². The van der Waals surface area contributed by atoms with Crippen molar-refractivity contribution in [2.75, 3.05) is 0 Å². The molecule has 0 heterocycles. The van der Waals surface area contributed by atoms with E-state index in [0.717, 1.165) is 24.8 Å². The van der Waals surface area contributed by atoms with Gasteiger partial charge in [-0.2, -0.15) is 0 Å². The van der Waals surface area contributed by atoms with E-state index >= 15 is 0 Å². The van der Waals surface area contributed by atoms with Crippen molar-refractivity contribution in [3.05, 3.63) is 35.9 Å². The fourth-order valence-electron chi connectivity index (χ4n) is 1.88. The first-order chi connectivity index (χ1) is 7.27. The average Bonchev–Trinajstić information content (AvgIpc) is 2.27. The van der Waals surface area contributed by atoms with Crippen molar-refractivity contribution < 1.29 is 4.79 Å². The second kappa shape index (κ2) is 6.39. The Morgan fingerprint density at radius 2 is 1.87 bits per heavy atom. The molecule has 82 valence electrons. The Bertz CT molecular complexity index is 289. The molecular formula is C14H20O. The Balaban J connectivity index is 2.54. The molecular weight excluding hydrogens is 184 g/mol. The summed E-state index contributed by atoms with van der Waals surface area (Å²) in [6.07, 6.45) is 3.69. The monoisotopic (exact) mass is 204 g/mol. The van der Waals surface area contributed by atoms with Crippen molar-refractivity contribution >= 4 is 5.78 Å². The minimum Gasteiger partial charge on any atom is -0.299 e. The predicted octanol–water partition coefficient (Wildman–Crippen LogP) is 3.62. The lowest BCUT2D eigenvalue weighted by atomic mass is 9.92. The Labute approximate surface area is 92.5 Å². The summed E-state index contributed by atoms with van der Waals surface area (Å²) in [5.74, 6) is 0.653. The van der Waals surface area contributed by atoms with Crippen LogP contribution in [0.2, 0.25) is 0 Å². The number of benzene rings is 1. The minimum absolute atomic E-state index is 0.259. The van der Waals surface area contributed by atoms with Crippen molar-refractivity contribution in [3.63, 3.8) is 0 Å². The van der Waals surface area contributed by atoms with Crippen molar-refractivity contribution in [1.82, 2.24) is 0 Å². The van der Waals surface area contributed by atoms with Gasteiger partial charge in [-0.3, -0.25) is 4.79 Å². The molecule has 0 saturated carbocycles. The number of hydrogen-bond acceptors (Lipinski definition) is 1. The molecule has 1 atom stereocenters. The molecule has 1 unspecified atom stereocenters. The third-order valence-corrected chi connectivity index (χ3v) is 2.81. The van der Waals surface area contributed by atoms with Gasteiger partial charge in [0.1, 0.15) is 5.78 Å². The van der Waals surface area contributed by atoms with Crippen LogP contribution in [0.15, 0.2) is 30.3 Å². The molecule has 0 fully saturated rings. The van der Waals surface area contributed by atoms with Gasteiger partial charge < -0.3 is 0 Å². The number of carbonyl (C=O) groups excluding carboxylic acids is 1. The Morgan fingerprint density at radius 3 is 2.40 bits per heavy atom. The Morgan fingerprint density at radius 1 is 1.20 bits per heavy atom. The van der Waals surface area contributed by atoms with Crippen LogP contribution in [0.25, 0.3) is 0 Å². The molecule has 0 aliphatic carbocycles. The molecule has 1 rings (SSSR count). The zero-order valence-electron chi connectivity index (χ0n) is 9.70. The topological polar surface area (TPSA) is 17.1 Å². The quantitative estimate of drug-likeness (QED) is 0.691. The van der Waals surface area contributed by atoms with Gasteiger partial charge in [0, 0.05) is 12.3 Å². The van der Waals surface area contributed by atoms with Gasteiger partial charge in [0.05, 0.1) is 0 Å². The van der Waals surface area contributed by atoms with Gasteiger partial charge in [0.15, 0.2) is 0 Å².